The summed E-state index contributed by atoms with van der Waals surface area (Å²) in [5.74, 6) is 0. The average Bonchev–Trinajstić information content (AvgIpc) is 2.61. The zero-order chi connectivity index (χ0) is 20.1. The van der Waals surface area contributed by atoms with E-state index in [0.29, 0.717) is 0 Å². The van der Waals surface area contributed by atoms with Crippen LogP contribution in [0.25, 0.3) is 12.2 Å². The first-order valence-electron chi connectivity index (χ1n) is 6.47. The van der Waals surface area contributed by atoms with Gasteiger partial charge in [0.2, 0.25) is 0 Å². The highest BCUT2D eigenvalue weighted by molar-refractivity contribution is 7.83. The van der Waals surface area contributed by atoms with Crippen molar-refractivity contribution in [1.82, 2.24) is 9.97 Å². The number of hydrogen-bond acceptors (Lipinski definition) is 8. The van der Waals surface area contributed by atoms with Crippen LogP contribution in [-0.2, 0) is 29.5 Å². The highest BCUT2D eigenvalue weighted by Gasteiger charge is 2.13. The van der Waals surface area contributed by atoms with Crippen LogP contribution in [0.5, 0.6) is 0 Å². The number of rotatable bonds is 5. The predicted octanol–water partition coefficient (Wildman–Crippen LogP) is 1.99. The second-order valence-electron chi connectivity index (χ2n) is 3.91. The molecule has 0 aliphatic rings. The Labute approximate surface area is 151 Å². The lowest BCUT2D eigenvalue weighted by molar-refractivity contribution is -0.105. The van der Waals surface area contributed by atoms with Crippen molar-refractivity contribution in [2.24, 2.45) is 0 Å². The molecule has 0 spiro atoms. The molecule has 0 fully saturated rings. The Morgan fingerprint density at radius 2 is 1.12 bits per heavy atom. The van der Waals surface area contributed by atoms with Crippen LogP contribution in [-0.4, -0.2) is 35.9 Å². The number of aromatic nitrogens is 2. The first-order chi connectivity index (χ1) is 12.1. The molecule has 0 aliphatic carbocycles. The predicted molar refractivity (Wildman–Crippen MR) is 93.9 cm³/mol. The van der Waals surface area contributed by atoms with E-state index < -0.39 is 20.8 Å². The van der Waals surface area contributed by atoms with Crippen molar-refractivity contribution in [3.63, 3.8) is 0 Å². The molecule has 12 heteroatoms. The topological polar surface area (TPSA) is 153 Å². The second kappa shape index (κ2) is 12.0. The van der Waals surface area contributed by atoms with Gasteiger partial charge in [-0.05, 0) is 36.4 Å². The van der Waals surface area contributed by atoms with Crippen LogP contribution in [0.2, 0.25) is 0 Å². The number of pyridine rings is 2. The molecular weight excluding hydrogens is 388 g/mol. The highest BCUT2D eigenvalue weighted by Crippen LogP contribution is 1.93. The largest absolute Gasteiger partial charge is 0.425 e. The smallest absolute Gasteiger partial charge is 0.262 e. The molecule has 2 N–H and O–H groups in total. The zero-order valence-electron chi connectivity index (χ0n) is 13.2. The Morgan fingerprint density at radius 3 is 1.27 bits per heavy atom. The fourth-order valence-electron chi connectivity index (χ4n) is 1.06. The molecule has 0 aliphatic heterocycles. The maximum Gasteiger partial charge on any atom is 0.425 e. The summed E-state index contributed by atoms with van der Waals surface area (Å²) >= 11 is 0. The van der Waals surface area contributed by atoms with Crippen LogP contribution in [0.15, 0.2) is 61.9 Å². The lowest BCUT2D eigenvalue weighted by atomic mass is 10.4. The van der Waals surface area contributed by atoms with E-state index in [-0.39, 0.29) is 0 Å². The normalized spacial score (nSPS) is 10.4. The Kier molecular flexibility index (Phi) is 10.8. The SMILES string of the molecule is C=Cc1ccccn1.C=Cc1ccccn1.O=S(=O)(O)OOS(=O)(=O)O. The van der Waals surface area contributed by atoms with Crippen molar-refractivity contribution >= 4 is 33.0 Å². The van der Waals surface area contributed by atoms with Gasteiger partial charge in [0.25, 0.3) is 0 Å². The van der Waals surface area contributed by atoms with Crippen LogP contribution in [0.4, 0.5) is 0 Å². The van der Waals surface area contributed by atoms with Crippen molar-refractivity contribution in [2.45, 2.75) is 0 Å². The molecule has 142 valence electrons. The van der Waals surface area contributed by atoms with Crippen LogP contribution in [0.3, 0.4) is 0 Å². The minimum Gasteiger partial charge on any atom is -0.262 e. The van der Waals surface area contributed by atoms with Gasteiger partial charge < -0.3 is 0 Å². The summed E-state index contributed by atoms with van der Waals surface area (Å²) in [6.07, 6.45) is 6.94. The van der Waals surface area contributed by atoms with Crippen LogP contribution in [0.1, 0.15) is 11.4 Å². The maximum atomic E-state index is 9.51. The molecule has 2 aromatic heterocycles. The van der Waals surface area contributed by atoms with Crippen molar-refractivity contribution < 1.29 is 34.6 Å². The minimum atomic E-state index is -5.02. The van der Waals surface area contributed by atoms with Gasteiger partial charge >= 0.3 is 20.8 Å². The zero-order valence-corrected chi connectivity index (χ0v) is 14.9. The summed E-state index contributed by atoms with van der Waals surface area (Å²) in [5.41, 5.74) is 1.85. The van der Waals surface area contributed by atoms with Gasteiger partial charge in [-0.2, -0.15) is 16.8 Å². The maximum absolute atomic E-state index is 9.51. The molecule has 0 saturated carbocycles. The molecule has 0 saturated heterocycles. The van der Waals surface area contributed by atoms with Gasteiger partial charge in [0.05, 0.1) is 11.4 Å². The summed E-state index contributed by atoms with van der Waals surface area (Å²) in [7, 11) is -10.0. The molecule has 0 bridgehead atoms. The van der Waals surface area contributed by atoms with E-state index in [2.05, 4.69) is 31.8 Å². The van der Waals surface area contributed by atoms with Gasteiger partial charge in [-0.15, -0.1) is 0 Å². The third-order valence-electron chi connectivity index (χ3n) is 1.99. The highest BCUT2D eigenvalue weighted by atomic mass is 32.3. The van der Waals surface area contributed by atoms with Crippen molar-refractivity contribution in [1.29, 1.82) is 0 Å². The monoisotopic (exact) mass is 404 g/mol. The fraction of sp³-hybridized carbons (Fsp3) is 0. The van der Waals surface area contributed by atoms with Crippen LogP contribution in [0, 0.1) is 0 Å². The molecule has 0 radical (unpaired) electrons. The quantitative estimate of drug-likeness (QED) is 0.429. The summed E-state index contributed by atoms with van der Waals surface area (Å²) in [6, 6.07) is 11.5. The molecule has 0 atom stereocenters. The summed E-state index contributed by atoms with van der Waals surface area (Å²) < 4.78 is 58.9. The summed E-state index contributed by atoms with van der Waals surface area (Å²) in [4.78, 5) is 7.96. The molecule has 0 amide bonds. The van der Waals surface area contributed by atoms with Gasteiger partial charge in [0.1, 0.15) is 0 Å². The average molecular weight is 404 g/mol. The molecule has 2 heterocycles. The molecule has 0 aromatic carbocycles. The van der Waals surface area contributed by atoms with E-state index in [0.717, 1.165) is 11.4 Å². The van der Waals surface area contributed by atoms with E-state index in [1.54, 1.807) is 24.5 Å². The molecule has 2 rings (SSSR count). The number of nitrogens with zero attached hydrogens (tertiary/aromatic N) is 2. The molecule has 26 heavy (non-hydrogen) atoms. The molecule has 2 aromatic rings. The van der Waals surface area contributed by atoms with Crippen molar-refractivity contribution in [2.75, 3.05) is 0 Å². The van der Waals surface area contributed by atoms with E-state index in [1.807, 2.05) is 36.4 Å². The van der Waals surface area contributed by atoms with Gasteiger partial charge in [0, 0.05) is 12.4 Å². The lowest BCUT2D eigenvalue weighted by Gasteiger charge is -1.92. The summed E-state index contributed by atoms with van der Waals surface area (Å²) in [6.45, 7) is 7.14. The Bertz CT molecular complexity index is 794. The molecule has 10 nitrogen and oxygen atoms in total. The Balaban J connectivity index is 0.000000363. The van der Waals surface area contributed by atoms with E-state index >= 15 is 0 Å². The third-order valence-corrected chi connectivity index (χ3v) is 2.56. The summed E-state index contributed by atoms with van der Waals surface area (Å²) in [5, 5.41) is 0. The molecular formula is C14H16N2O8S2. The van der Waals surface area contributed by atoms with Crippen LogP contribution < -0.4 is 0 Å². The van der Waals surface area contributed by atoms with E-state index in [9.17, 15) is 16.8 Å². The van der Waals surface area contributed by atoms with Crippen molar-refractivity contribution in [3.8, 4) is 0 Å². The van der Waals surface area contributed by atoms with Crippen LogP contribution >= 0.6 is 0 Å². The number of hydrogen-bond donors (Lipinski definition) is 2. The minimum absolute atomic E-state index is 0.924. The Morgan fingerprint density at radius 1 is 0.769 bits per heavy atom. The standard InChI is InChI=1S/2C7H7N.H2O8S2/c2*1-2-7-5-3-4-6-8-7;1-9(2,3)7-8-10(4,5)6/h2*2-6H,1H2;(H,1,2,3)(H,4,5,6). The third kappa shape index (κ3) is 15.1. The van der Waals surface area contributed by atoms with E-state index in [4.69, 9.17) is 9.11 Å². The van der Waals surface area contributed by atoms with Gasteiger partial charge in [-0.1, -0.05) is 34.0 Å². The van der Waals surface area contributed by atoms with E-state index in [1.165, 1.54) is 0 Å². The van der Waals surface area contributed by atoms with Gasteiger partial charge in [-0.3, -0.25) is 19.1 Å². The van der Waals surface area contributed by atoms with Gasteiger partial charge in [-0.25, -0.2) is 0 Å². The first-order valence-corrected chi connectivity index (χ1v) is 9.20. The molecule has 0 unspecified atom stereocenters. The van der Waals surface area contributed by atoms with Crippen molar-refractivity contribution in [3.05, 3.63) is 73.3 Å². The Hall–Kier alpha value is -2.48. The fourth-order valence-corrected chi connectivity index (χ4v) is 1.63. The first kappa shape index (κ1) is 23.5. The lowest BCUT2D eigenvalue weighted by Crippen LogP contribution is -2.10. The second-order valence-corrected chi connectivity index (χ2v) is 5.89. The van der Waals surface area contributed by atoms with Gasteiger partial charge in [0.15, 0.2) is 0 Å².